The molecule has 3 aromatic carbocycles. The third-order valence-corrected chi connectivity index (χ3v) is 7.86. The van der Waals surface area contributed by atoms with E-state index in [2.05, 4.69) is 0 Å². The summed E-state index contributed by atoms with van der Waals surface area (Å²) in [4.78, 5) is 13.2. The fourth-order valence-electron chi connectivity index (χ4n) is 2.78. The second kappa shape index (κ2) is 9.37. The maximum atomic E-state index is 13.6. The molecule has 0 aromatic heterocycles. The third-order valence-electron chi connectivity index (χ3n) is 4.50. The second-order valence-corrected chi connectivity index (χ2v) is 9.87. The van der Waals surface area contributed by atoms with Crippen molar-refractivity contribution in [3.63, 3.8) is 0 Å². The number of aryl methyl sites for hydroxylation is 1. The summed E-state index contributed by atoms with van der Waals surface area (Å²) >= 11 is 24.6. The summed E-state index contributed by atoms with van der Waals surface area (Å²) in [6, 6.07) is 11.6. The highest BCUT2D eigenvalue weighted by molar-refractivity contribution is 7.93. The highest BCUT2D eigenvalue weighted by atomic mass is 35.5. The molecule has 168 valence electrons. The zero-order chi connectivity index (χ0) is 23.8. The summed E-state index contributed by atoms with van der Waals surface area (Å²) in [5.41, 5.74) is 0.417. The van der Waals surface area contributed by atoms with Crippen molar-refractivity contribution in [1.29, 1.82) is 0 Å². The average Bonchev–Trinajstić information content (AvgIpc) is 2.79. The Morgan fingerprint density at radius 1 is 0.875 bits per heavy atom. The van der Waals surface area contributed by atoms with Crippen molar-refractivity contribution in [1.82, 2.24) is 0 Å². The van der Waals surface area contributed by atoms with Gasteiger partial charge in [-0.25, -0.2) is 8.42 Å². The van der Waals surface area contributed by atoms with Gasteiger partial charge < -0.3 is 9.84 Å². The summed E-state index contributed by atoms with van der Waals surface area (Å²) in [5, 5.41) is 8.20. The Bertz CT molecular complexity index is 1260. The SMILES string of the molecule is COc1ccc(S(=O)(=O)N(C(=O)c2ccc(C)cc2)c2c(Cl)c(Cl)c(O)c(Cl)c2Cl)cc1. The maximum Gasteiger partial charge on any atom is 0.272 e. The van der Waals surface area contributed by atoms with Gasteiger partial charge >= 0.3 is 0 Å². The Kier molecular flexibility index (Phi) is 7.17. The van der Waals surface area contributed by atoms with Gasteiger partial charge in [-0.2, -0.15) is 4.31 Å². The predicted octanol–water partition coefficient (Wildman–Crippen LogP) is 6.36. The number of rotatable bonds is 5. The van der Waals surface area contributed by atoms with E-state index >= 15 is 0 Å². The lowest BCUT2D eigenvalue weighted by Gasteiger charge is -2.26. The molecule has 0 bridgehead atoms. The number of phenolic OH excluding ortho intramolecular Hbond substituents is 1. The van der Waals surface area contributed by atoms with E-state index in [1.54, 1.807) is 12.1 Å². The summed E-state index contributed by atoms with van der Waals surface area (Å²) in [6.45, 7) is 1.81. The molecule has 0 saturated heterocycles. The molecule has 3 rings (SSSR count). The van der Waals surface area contributed by atoms with Gasteiger partial charge in [0.05, 0.1) is 22.1 Å². The van der Waals surface area contributed by atoms with Gasteiger partial charge in [-0.1, -0.05) is 64.1 Å². The van der Waals surface area contributed by atoms with Crippen LogP contribution in [0.5, 0.6) is 11.5 Å². The predicted molar refractivity (Wildman–Crippen MR) is 126 cm³/mol. The quantitative estimate of drug-likeness (QED) is 0.385. The minimum Gasteiger partial charge on any atom is -0.505 e. The van der Waals surface area contributed by atoms with E-state index < -0.39 is 47.5 Å². The zero-order valence-electron chi connectivity index (χ0n) is 16.6. The van der Waals surface area contributed by atoms with Crippen molar-refractivity contribution in [2.24, 2.45) is 0 Å². The van der Waals surface area contributed by atoms with Gasteiger partial charge in [0, 0.05) is 5.56 Å². The number of benzene rings is 3. The summed E-state index contributed by atoms with van der Waals surface area (Å²) < 4.78 is 32.7. The molecule has 0 aliphatic heterocycles. The summed E-state index contributed by atoms with van der Waals surface area (Å²) in [7, 11) is -3.14. The van der Waals surface area contributed by atoms with Crippen molar-refractivity contribution >= 4 is 68.0 Å². The molecule has 3 aromatic rings. The fourth-order valence-corrected chi connectivity index (χ4v) is 5.32. The molecule has 0 fully saturated rings. The number of carbonyl (C=O) groups is 1. The van der Waals surface area contributed by atoms with E-state index in [4.69, 9.17) is 51.1 Å². The van der Waals surface area contributed by atoms with Crippen LogP contribution < -0.4 is 9.04 Å². The molecule has 0 heterocycles. The Labute approximate surface area is 204 Å². The first-order chi connectivity index (χ1) is 15.0. The number of ether oxygens (including phenoxy) is 1. The minimum absolute atomic E-state index is 0.0418. The Morgan fingerprint density at radius 3 is 1.84 bits per heavy atom. The summed E-state index contributed by atoms with van der Waals surface area (Å²) in [6.07, 6.45) is 0. The number of hydrogen-bond donors (Lipinski definition) is 1. The molecule has 0 radical (unpaired) electrons. The second-order valence-electron chi connectivity index (χ2n) is 6.57. The van der Waals surface area contributed by atoms with Gasteiger partial charge in [0.15, 0.2) is 5.75 Å². The molecule has 0 saturated carbocycles. The van der Waals surface area contributed by atoms with Crippen LogP contribution in [0.2, 0.25) is 20.1 Å². The van der Waals surface area contributed by atoms with Crippen molar-refractivity contribution in [3.05, 3.63) is 79.7 Å². The molecule has 6 nitrogen and oxygen atoms in total. The van der Waals surface area contributed by atoms with Crippen LogP contribution in [0.4, 0.5) is 5.69 Å². The van der Waals surface area contributed by atoms with Crippen molar-refractivity contribution in [2.75, 3.05) is 11.4 Å². The third kappa shape index (κ3) is 4.36. The first-order valence-electron chi connectivity index (χ1n) is 8.86. The topological polar surface area (TPSA) is 83.9 Å². The van der Waals surface area contributed by atoms with E-state index in [9.17, 15) is 18.3 Å². The van der Waals surface area contributed by atoms with Crippen LogP contribution >= 0.6 is 46.4 Å². The molecule has 32 heavy (non-hydrogen) atoms. The van der Waals surface area contributed by atoms with Gasteiger partial charge in [0.1, 0.15) is 21.5 Å². The lowest BCUT2D eigenvalue weighted by atomic mass is 10.1. The molecule has 0 aliphatic carbocycles. The van der Waals surface area contributed by atoms with E-state index in [-0.39, 0.29) is 10.5 Å². The maximum absolute atomic E-state index is 13.6. The molecule has 0 aliphatic rings. The Morgan fingerprint density at radius 2 is 1.38 bits per heavy atom. The molecule has 1 amide bonds. The van der Waals surface area contributed by atoms with Crippen molar-refractivity contribution < 1.29 is 23.1 Å². The van der Waals surface area contributed by atoms with Crippen LogP contribution in [-0.2, 0) is 10.0 Å². The Hall–Kier alpha value is -2.16. The van der Waals surface area contributed by atoms with Crippen LogP contribution in [-0.4, -0.2) is 26.5 Å². The van der Waals surface area contributed by atoms with Gasteiger partial charge in [-0.15, -0.1) is 0 Å². The monoisotopic (exact) mass is 533 g/mol. The number of anilines is 1. The minimum atomic E-state index is -4.57. The van der Waals surface area contributed by atoms with Gasteiger partial charge in [-0.05, 0) is 43.3 Å². The normalized spacial score (nSPS) is 11.3. The molecular formula is C21H15Cl4NO5S. The van der Waals surface area contributed by atoms with Gasteiger partial charge in [-0.3, -0.25) is 4.79 Å². The largest absolute Gasteiger partial charge is 0.505 e. The Balaban J connectivity index is 2.32. The van der Waals surface area contributed by atoms with E-state index in [1.165, 1.54) is 43.5 Å². The molecule has 0 unspecified atom stereocenters. The number of halogens is 4. The zero-order valence-corrected chi connectivity index (χ0v) is 20.4. The standard InChI is InChI=1S/C21H15Cl4NO5S/c1-11-3-5-12(6-4-11)21(28)26(19-15(22)17(24)20(27)18(25)16(19)23)32(29,30)14-9-7-13(31-2)8-10-14/h3-10,27H,1-2H3. The smallest absolute Gasteiger partial charge is 0.272 e. The fraction of sp³-hybridized carbons (Fsp3) is 0.0952. The first-order valence-corrected chi connectivity index (χ1v) is 11.8. The number of carbonyl (C=O) groups excluding carboxylic acids is 1. The molecule has 11 heteroatoms. The highest BCUT2D eigenvalue weighted by Gasteiger charge is 2.37. The van der Waals surface area contributed by atoms with E-state index in [1.807, 2.05) is 6.92 Å². The van der Waals surface area contributed by atoms with Crippen LogP contribution in [0.25, 0.3) is 0 Å². The van der Waals surface area contributed by atoms with Crippen LogP contribution in [0.3, 0.4) is 0 Å². The molecule has 0 atom stereocenters. The lowest BCUT2D eigenvalue weighted by molar-refractivity contribution is 0.101. The first kappa shape index (κ1) is 24.5. The van der Waals surface area contributed by atoms with E-state index in [0.29, 0.717) is 10.1 Å². The molecule has 1 N–H and O–H groups in total. The number of hydrogen-bond acceptors (Lipinski definition) is 5. The highest BCUT2D eigenvalue weighted by Crippen LogP contribution is 2.50. The van der Waals surface area contributed by atoms with E-state index in [0.717, 1.165) is 5.56 Å². The number of amides is 1. The summed E-state index contributed by atoms with van der Waals surface area (Å²) in [5.74, 6) is -1.19. The number of methoxy groups -OCH3 is 1. The van der Waals surface area contributed by atoms with Gasteiger partial charge in [0.2, 0.25) is 0 Å². The number of sulfonamides is 1. The van der Waals surface area contributed by atoms with Crippen LogP contribution in [0.1, 0.15) is 15.9 Å². The molecular weight excluding hydrogens is 520 g/mol. The molecule has 0 spiro atoms. The number of aromatic hydroxyl groups is 1. The van der Waals surface area contributed by atoms with Crippen molar-refractivity contribution in [2.45, 2.75) is 11.8 Å². The number of phenols is 1. The van der Waals surface area contributed by atoms with Crippen molar-refractivity contribution in [3.8, 4) is 11.5 Å². The van der Waals surface area contributed by atoms with Crippen LogP contribution in [0.15, 0.2) is 53.4 Å². The van der Waals surface area contributed by atoms with Gasteiger partial charge in [0.25, 0.3) is 15.9 Å². The van der Waals surface area contributed by atoms with Crippen LogP contribution in [0, 0.1) is 6.92 Å². The lowest BCUT2D eigenvalue weighted by Crippen LogP contribution is -2.37. The average molecular weight is 535 g/mol. The number of nitrogens with zero attached hydrogens (tertiary/aromatic N) is 1.